The molecule has 2 atom stereocenters. The first-order valence-corrected chi connectivity index (χ1v) is 16.9. The third-order valence-electron chi connectivity index (χ3n) is 11.1. The average Bonchev–Trinajstić information content (AvgIpc) is 3.08. The fraction of sp³-hybridized carbons (Fsp3) is 0.649. The Kier molecular flexibility index (Phi) is 8.87. The van der Waals surface area contributed by atoms with Crippen LogP contribution in [0.3, 0.4) is 0 Å². The number of amides is 2. The van der Waals surface area contributed by atoms with Crippen molar-refractivity contribution >= 4 is 6.03 Å². The fourth-order valence-electron chi connectivity index (χ4n) is 9.26. The van der Waals surface area contributed by atoms with Gasteiger partial charge in [-0.25, -0.2) is 4.79 Å². The lowest BCUT2D eigenvalue weighted by molar-refractivity contribution is -0.165. The standard InChI is InChI=1S/C37H53N3O5/c1-26-18-27(2)20-28(19-26)23-38-13-11-37(12-14-38)36(5)25-35(3,4)33-29(21-30(42-6)22-31(33)43-7)24-40(36)34(41)39(37)15-17-45-32-10-8-9-16-44-32/h18-22,32H,8-17,23-25H2,1-7H3. The van der Waals surface area contributed by atoms with Crippen LogP contribution in [0.4, 0.5) is 4.79 Å². The van der Waals surface area contributed by atoms with Gasteiger partial charge in [-0.2, -0.15) is 0 Å². The highest BCUT2D eigenvalue weighted by atomic mass is 16.7. The highest BCUT2D eigenvalue weighted by Crippen LogP contribution is 2.57. The summed E-state index contributed by atoms with van der Waals surface area (Å²) in [5.41, 5.74) is 5.32. The molecule has 4 aliphatic rings. The molecule has 3 saturated heterocycles. The van der Waals surface area contributed by atoms with Crippen LogP contribution in [0.15, 0.2) is 30.3 Å². The third-order valence-corrected chi connectivity index (χ3v) is 11.1. The van der Waals surface area contributed by atoms with E-state index in [2.05, 4.69) is 73.6 Å². The number of carbonyl (C=O) groups is 1. The number of ether oxygens (including phenoxy) is 4. The number of hydrogen-bond acceptors (Lipinski definition) is 6. The van der Waals surface area contributed by atoms with Crippen molar-refractivity contribution in [1.29, 1.82) is 0 Å². The molecule has 3 fully saturated rings. The molecule has 4 aliphatic heterocycles. The van der Waals surface area contributed by atoms with Crippen LogP contribution in [-0.2, 0) is 28.0 Å². The van der Waals surface area contributed by atoms with E-state index in [1.54, 1.807) is 14.2 Å². The quantitative estimate of drug-likeness (QED) is 0.333. The molecule has 6 rings (SSSR count). The maximum atomic E-state index is 14.7. The van der Waals surface area contributed by atoms with Crippen LogP contribution in [0.1, 0.15) is 87.1 Å². The number of methoxy groups -OCH3 is 2. The largest absolute Gasteiger partial charge is 0.497 e. The van der Waals surface area contributed by atoms with Gasteiger partial charge in [0.15, 0.2) is 6.29 Å². The van der Waals surface area contributed by atoms with Gasteiger partial charge in [0, 0.05) is 51.0 Å². The van der Waals surface area contributed by atoms with E-state index in [-0.39, 0.29) is 23.3 Å². The van der Waals surface area contributed by atoms with Crippen molar-refractivity contribution in [2.24, 2.45) is 0 Å². The van der Waals surface area contributed by atoms with Gasteiger partial charge < -0.3 is 28.7 Å². The molecule has 2 amide bonds. The molecule has 0 radical (unpaired) electrons. The minimum atomic E-state index is -0.391. The first-order valence-electron chi connectivity index (χ1n) is 16.9. The monoisotopic (exact) mass is 619 g/mol. The molecule has 2 aromatic rings. The van der Waals surface area contributed by atoms with E-state index in [0.29, 0.717) is 19.7 Å². The fourth-order valence-corrected chi connectivity index (χ4v) is 9.26. The highest BCUT2D eigenvalue weighted by molar-refractivity contribution is 5.81. The molecule has 45 heavy (non-hydrogen) atoms. The third kappa shape index (κ3) is 5.83. The summed E-state index contributed by atoms with van der Waals surface area (Å²) in [6.07, 6.45) is 5.64. The van der Waals surface area contributed by atoms with Crippen LogP contribution in [0.5, 0.6) is 11.5 Å². The van der Waals surface area contributed by atoms with Gasteiger partial charge in [-0.05, 0) is 81.9 Å². The summed E-state index contributed by atoms with van der Waals surface area (Å²) < 4.78 is 23.7. The van der Waals surface area contributed by atoms with Gasteiger partial charge in [0.25, 0.3) is 0 Å². The second-order valence-corrected chi connectivity index (χ2v) is 14.7. The molecular weight excluding hydrogens is 566 g/mol. The van der Waals surface area contributed by atoms with Crippen molar-refractivity contribution in [2.75, 3.05) is 47.1 Å². The molecule has 2 unspecified atom stereocenters. The molecule has 8 nitrogen and oxygen atoms in total. The summed E-state index contributed by atoms with van der Waals surface area (Å²) in [6.45, 7) is 16.5. The highest BCUT2D eigenvalue weighted by Gasteiger charge is 2.66. The number of rotatable bonds is 8. The Morgan fingerprint density at radius 3 is 2.33 bits per heavy atom. The average molecular weight is 620 g/mol. The number of urea groups is 1. The molecule has 246 valence electrons. The van der Waals surface area contributed by atoms with E-state index in [1.807, 2.05) is 6.07 Å². The summed E-state index contributed by atoms with van der Waals surface area (Å²) in [5.74, 6) is 1.59. The maximum absolute atomic E-state index is 14.7. The SMILES string of the molecule is COc1cc2c(c(OC)c1)C(C)(C)CC1(C)N(C2)C(=O)N(CCOC2CCCCO2)C12CCN(Cc1cc(C)cc(C)c1)CC2. The van der Waals surface area contributed by atoms with Crippen molar-refractivity contribution in [3.8, 4) is 11.5 Å². The van der Waals surface area contributed by atoms with E-state index < -0.39 is 5.54 Å². The topological polar surface area (TPSA) is 63.7 Å². The van der Waals surface area contributed by atoms with E-state index in [1.165, 1.54) is 22.3 Å². The van der Waals surface area contributed by atoms with Crippen LogP contribution in [0.2, 0.25) is 0 Å². The van der Waals surface area contributed by atoms with Crippen LogP contribution >= 0.6 is 0 Å². The van der Waals surface area contributed by atoms with Gasteiger partial charge >= 0.3 is 6.03 Å². The molecule has 8 heteroatoms. The Morgan fingerprint density at radius 2 is 1.69 bits per heavy atom. The molecule has 0 bridgehead atoms. The normalized spacial score (nSPS) is 26.0. The lowest BCUT2D eigenvalue weighted by Gasteiger charge is -2.54. The molecular formula is C37H53N3O5. The zero-order chi connectivity index (χ0) is 32.0. The zero-order valence-corrected chi connectivity index (χ0v) is 28.5. The lowest BCUT2D eigenvalue weighted by Crippen LogP contribution is -2.65. The Labute approximate surface area is 269 Å². The number of benzene rings is 2. The summed E-state index contributed by atoms with van der Waals surface area (Å²) in [6, 6.07) is 11.1. The molecule has 0 aliphatic carbocycles. The smallest absolute Gasteiger partial charge is 0.321 e. The van der Waals surface area contributed by atoms with Crippen LogP contribution < -0.4 is 9.47 Å². The van der Waals surface area contributed by atoms with Crippen molar-refractivity contribution in [3.05, 3.63) is 58.1 Å². The first kappa shape index (κ1) is 32.1. The molecule has 0 saturated carbocycles. The Balaban J connectivity index is 1.33. The second kappa shape index (κ2) is 12.4. The summed E-state index contributed by atoms with van der Waals surface area (Å²) in [4.78, 5) is 21.7. The Bertz CT molecular complexity index is 1370. The van der Waals surface area contributed by atoms with Gasteiger partial charge in [-0.1, -0.05) is 43.2 Å². The van der Waals surface area contributed by atoms with Gasteiger partial charge in [-0.15, -0.1) is 0 Å². The second-order valence-electron chi connectivity index (χ2n) is 14.7. The lowest BCUT2D eigenvalue weighted by atomic mass is 9.63. The summed E-state index contributed by atoms with van der Waals surface area (Å²) in [7, 11) is 3.42. The first-order chi connectivity index (χ1) is 21.5. The molecule has 0 aromatic heterocycles. The number of fused-ring (bicyclic) bond motifs is 3. The van der Waals surface area contributed by atoms with Crippen molar-refractivity contribution in [2.45, 2.75) is 109 Å². The number of carbonyl (C=O) groups excluding carboxylic acids is 1. The molecule has 2 aromatic carbocycles. The Morgan fingerprint density at radius 1 is 0.956 bits per heavy atom. The number of piperidine rings is 1. The number of aryl methyl sites for hydroxylation is 2. The van der Waals surface area contributed by atoms with Crippen molar-refractivity contribution in [1.82, 2.24) is 14.7 Å². The minimum Gasteiger partial charge on any atom is -0.497 e. The minimum absolute atomic E-state index is 0.110. The van der Waals surface area contributed by atoms with Gasteiger partial charge in [-0.3, -0.25) is 4.90 Å². The number of nitrogens with zero attached hydrogens (tertiary/aromatic N) is 3. The van der Waals surface area contributed by atoms with Gasteiger partial charge in [0.05, 0.1) is 31.9 Å². The Hall–Kier alpha value is -2.81. The van der Waals surface area contributed by atoms with Crippen LogP contribution in [0, 0.1) is 13.8 Å². The van der Waals surface area contributed by atoms with Gasteiger partial charge in [0.1, 0.15) is 11.5 Å². The van der Waals surface area contributed by atoms with E-state index in [9.17, 15) is 4.79 Å². The van der Waals surface area contributed by atoms with Gasteiger partial charge in [0.2, 0.25) is 0 Å². The summed E-state index contributed by atoms with van der Waals surface area (Å²) in [5, 5.41) is 0. The van der Waals surface area contributed by atoms with Crippen molar-refractivity contribution in [3.63, 3.8) is 0 Å². The van der Waals surface area contributed by atoms with Crippen LogP contribution in [0.25, 0.3) is 0 Å². The molecule has 1 spiro atoms. The van der Waals surface area contributed by atoms with Crippen LogP contribution in [-0.4, -0.2) is 85.2 Å². The molecule has 4 heterocycles. The molecule has 0 N–H and O–H groups in total. The number of hydrogen-bond donors (Lipinski definition) is 0. The van der Waals surface area contributed by atoms with E-state index in [0.717, 1.165) is 81.8 Å². The zero-order valence-electron chi connectivity index (χ0n) is 28.5. The predicted molar refractivity (Wildman–Crippen MR) is 176 cm³/mol. The number of likely N-dealkylation sites (tertiary alicyclic amines) is 1. The van der Waals surface area contributed by atoms with E-state index in [4.69, 9.17) is 18.9 Å². The predicted octanol–water partition coefficient (Wildman–Crippen LogP) is 6.58. The van der Waals surface area contributed by atoms with E-state index >= 15 is 0 Å². The summed E-state index contributed by atoms with van der Waals surface area (Å²) >= 11 is 0. The van der Waals surface area contributed by atoms with Crippen molar-refractivity contribution < 1.29 is 23.7 Å². The maximum Gasteiger partial charge on any atom is 0.321 e.